The first-order chi connectivity index (χ1) is 33.4. The zero-order valence-electron chi connectivity index (χ0n) is 35.7. The van der Waals surface area contributed by atoms with Gasteiger partial charge in [0.15, 0.2) is 69.8 Å². The fourth-order valence-corrected chi connectivity index (χ4v) is 6.09. The summed E-state index contributed by atoms with van der Waals surface area (Å²) in [7, 11) is 0. The molecule has 0 atom stereocenters. The lowest BCUT2D eigenvalue weighted by molar-refractivity contribution is 0.0499. The molecular formula is C39H30F12N10O9. The summed E-state index contributed by atoms with van der Waals surface area (Å²) in [5, 5.41) is 15.7. The van der Waals surface area contributed by atoms with Gasteiger partial charge in [-0.2, -0.15) is 15.0 Å². The van der Waals surface area contributed by atoms with Crippen LogP contribution in [-0.4, -0.2) is 112 Å². The van der Waals surface area contributed by atoms with Crippen molar-refractivity contribution in [1.29, 1.82) is 0 Å². The fraction of sp³-hybridized carbons (Fsp3) is 0.308. The van der Waals surface area contributed by atoms with Crippen LogP contribution in [0.4, 0.5) is 69.7 Å². The van der Waals surface area contributed by atoms with E-state index in [1.165, 1.54) is 20.8 Å². The van der Waals surface area contributed by atoms with Gasteiger partial charge in [-0.3, -0.25) is 4.90 Å². The third kappa shape index (κ3) is 10.4. The number of carbonyl (C=O) groups excluding carboxylic acids is 3. The monoisotopic (exact) mass is 1010 g/mol. The van der Waals surface area contributed by atoms with E-state index in [2.05, 4.69) is 74.2 Å². The fourth-order valence-electron chi connectivity index (χ4n) is 6.09. The van der Waals surface area contributed by atoms with E-state index in [0.29, 0.717) is 0 Å². The van der Waals surface area contributed by atoms with Crippen molar-refractivity contribution in [3.63, 3.8) is 0 Å². The van der Waals surface area contributed by atoms with Crippen LogP contribution >= 0.6 is 0 Å². The van der Waals surface area contributed by atoms with Gasteiger partial charge in [-0.15, -0.1) is 0 Å². The highest BCUT2D eigenvalue weighted by atomic mass is 19.2. The summed E-state index contributed by atoms with van der Waals surface area (Å²) in [6, 6.07) is 0. The Kier molecular flexibility index (Phi) is 16.1. The number of anilines is 3. The molecule has 0 fully saturated rings. The van der Waals surface area contributed by atoms with Crippen molar-refractivity contribution in [2.75, 3.05) is 75.0 Å². The second kappa shape index (κ2) is 22.0. The lowest BCUT2D eigenvalue weighted by atomic mass is 10.1. The van der Waals surface area contributed by atoms with Crippen LogP contribution in [0.5, 0.6) is 0 Å². The Bertz CT molecular complexity index is 2560. The molecule has 6 aromatic rings. The molecule has 0 amide bonds. The number of nitrogens with one attached hydrogen (secondary N) is 3. The van der Waals surface area contributed by atoms with Crippen LogP contribution in [0.15, 0.2) is 13.6 Å². The number of halogens is 12. The highest BCUT2D eigenvalue weighted by Crippen LogP contribution is 2.37. The number of esters is 3. The van der Waals surface area contributed by atoms with Crippen molar-refractivity contribution in [3.05, 3.63) is 87.3 Å². The minimum atomic E-state index is -2.08. The molecule has 3 heterocycles. The van der Waals surface area contributed by atoms with Crippen LogP contribution in [0.1, 0.15) is 52.6 Å². The Hall–Kier alpha value is -7.99. The van der Waals surface area contributed by atoms with Gasteiger partial charge in [0.25, 0.3) is 35.1 Å². The van der Waals surface area contributed by atoms with Crippen molar-refractivity contribution < 1.29 is 94.8 Å². The number of hydrogen-bond donors (Lipinski definition) is 3. The summed E-state index contributed by atoms with van der Waals surface area (Å²) in [6.45, 7) is 0.0115. The molecule has 19 nitrogen and oxygen atoms in total. The SMILES string of the molecule is CCOC(=O)c1noc(-c2c(F)c(F)c(NCCN(CCNc3c(F)c(F)c(-c4nc(C(=O)OCC)no4)c(F)c3F)CCNc3c(F)c(F)c(-c4nc(C(=O)OCC)no4)c(F)c3F)c(F)c2F)n1. The maximum atomic E-state index is 15.3. The lowest BCUT2D eigenvalue weighted by Crippen LogP contribution is -2.37. The third-order valence-electron chi connectivity index (χ3n) is 9.27. The third-order valence-corrected chi connectivity index (χ3v) is 9.27. The quantitative estimate of drug-likeness (QED) is 0.0286. The van der Waals surface area contributed by atoms with E-state index < -0.39 is 196 Å². The molecule has 0 bridgehead atoms. The summed E-state index contributed by atoms with van der Waals surface area (Å²) in [5.41, 5.74) is -8.80. The van der Waals surface area contributed by atoms with Crippen molar-refractivity contribution in [3.8, 4) is 34.4 Å². The topological polar surface area (TPSA) is 235 Å². The van der Waals surface area contributed by atoms with Gasteiger partial charge >= 0.3 is 17.9 Å². The number of ether oxygens (including phenoxy) is 3. The molecule has 3 aromatic carbocycles. The van der Waals surface area contributed by atoms with Gasteiger partial charge < -0.3 is 43.7 Å². The average molecular weight is 1010 g/mol. The predicted molar refractivity (Wildman–Crippen MR) is 208 cm³/mol. The number of aromatic nitrogens is 6. The highest BCUT2D eigenvalue weighted by molar-refractivity contribution is 5.86. The maximum absolute atomic E-state index is 15.3. The standard InChI is InChI=1S/C39H30F12N10O9/c1-4-65-37(62)31-55-34(68-58-31)13-16(40)22(46)28(23(47)17(13)41)52-7-10-61(11-8-53-29-24(48)18(42)14(19(43)25(29)49)35-56-32(59-69-35)38(63)66-5-2)12-9-54-30-26(50)20(44)15(21(45)27(30)51)36-57-33(60-70-36)39(64)67-6-3/h52-54H,4-12H2,1-3H3. The summed E-state index contributed by atoms with van der Waals surface area (Å²) in [5.74, 6) is -34.4. The smallest absolute Gasteiger partial charge is 0.379 e. The molecule has 0 saturated carbocycles. The molecule has 0 saturated heterocycles. The van der Waals surface area contributed by atoms with Crippen LogP contribution in [0.25, 0.3) is 34.4 Å². The Balaban J connectivity index is 1.22. The van der Waals surface area contributed by atoms with E-state index in [1.54, 1.807) is 0 Å². The summed E-state index contributed by atoms with van der Waals surface area (Å²) >= 11 is 0. The van der Waals surface area contributed by atoms with E-state index in [1.807, 2.05) is 0 Å². The van der Waals surface area contributed by atoms with Crippen molar-refractivity contribution in [2.24, 2.45) is 0 Å². The second-order valence-corrected chi connectivity index (χ2v) is 13.6. The Morgan fingerprint density at radius 1 is 0.414 bits per heavy atom. The van der Waals surface area contributed by atoms with Gasteiger partial charge in [0.05, 0.1) is 19.8 Å². The minimum absolute atomic E-state index is 0.173. The average Bonchev–Trinajstić information content (AvgIpc) is 4.14. The van der Waals surface area contributed by atoms with Gasteiger partial charge in [-0.1, -0.05) is 0 Å². The molecule has 6 rings (SSSR count). The molecule has 374 valence electrons. The Labute approximate surface area is 382 Å². The van der Waals surface area contributed by atoms with Crippen molar-refractivity contribution in [1.82, 2.24) is 35.3 Å². The molecule has 3 aromatic heterocycles. The molecule has 3 N–H and O–H groups in total. The van der Waals surface area contributed by atoms with Gasteiger partial charge in [0.2, 0.25) is 0 Å². The molecule has 0 aliphatic rings. The first-order valence-electron chi connectivity index (χ1n) is 19.9. The molecule has 70 heavy (non-hydrogen) atoms. The normalized spacial score (nSPS) is 11.3. The van der Waals surface area contributed by atoms with Gasteiger partial charge in [0.1, 0.15) is 33.8 Å². The highest BCUT2D eigenvalue weighted by Gasteiger charge is 2.34. The van der Waals surface area contributed by atoms with Gasteiger partial charge in [-0.25, -0.2) is 67.1 Å². The first-order valence-corrected chi connectivity index (χ1v) is 19.9. The Morgan fingerprint density at radius 2 is 0.643 bits per heavy atom. The number of benzene rings is 3. The van der Waals surface area contributed by atoms with Crippen molar-refractivity contribution >= 4 is 35.0 Å². The molecule has 0 radical (unpaired) electrons. The summed E-state index contributed by atoms with van der Waals surface area (Å²) in [4.78, 5) is 46.9. The molecule has 0 spiro atoms. The molecule has 0 aliphatic carbocycles. The second-order valence-electron chi connectivity index (χ2n) is 13.6. The largest absolute Gasteiger partial charge is 0.460 e. The predicted octanol–water partition coefficient (Wildman–Crippen LogP) is 6.97. The van der Waals surface area contributed by atoms with Crippen LogP contribution in [-0.2, 0) is 14.2 Å². The van der Waals surface area contributed by atoms with E-state index in [0.717, 1.165) is 4.90 Å². The summed E-state index contributed by atoms with van der Waals surface area (Å²) < 4.78 is 211. The molecule has 31 heteroatoms. The van der Waals surface area contributed by atoms with Crippen LogP contribution in [0, 0.1) is 69.8 Å². The Morgan fingerprint density at radius 3 is 0.857 bits per heavy atom. The number of carbonyl (C=O) groups is 3. The molecule has 0 unspecified atom stereocenters. The first kappa shape index (κ1) is 51.4. The van der Waals surface area contributed by atoms with E-state index in [-0.39, 0.29) is 19.8 Å². The maximum Gasteiger partial charge on any atom is 0.379 e. The molecule has 0 aliphatic heterocycles. The number of nitrogens with zero attached hydrogens (tertiary/aromatic N) is 7. The van der Waals surface area contributed by atoms with Crippen LogP contribution < -0.4 is 16.0 Å². The van der Waals surface area contributed by atoms with Crippen LogP contribution in [0.2, 0.25) is 0 Å². The number of rotatable bonds is 21. The zero-order chi connectivity index (χ0) is 51.1. The van der Waals surface area contributed by atoms with Crippen molar-refractivity contribution in [2.45, 2.75) is 20.8 Å². The van der Waals surface area contributed by atoms with Gasteiger partial charge in [0, 0.05) is 39.3 Å². The van der Waals surface area contributed by atoms with E-state index >= 15 is 52.7 Å². The molecular weight excluding hydrogens is 980 g/mol. The van der Waals surface area contributed by atoms with Crippen LogP contribution in [0.3, 0.4) is 0 Å². The lowest BCUT2D eigenvalue weighted by Gasteiger charge is -2.24. The van der Waals surface area contributed by atoms with Gasteiger partial charge in [-0.05, 0) is 36.2 Å². The minimum Gasteiger partial charge on any atom is -0.460 e. The van der Waals surface area contributed by atoms with E-state index in [9.17, 15) is 14.4 Å². The number of hydrogen-bond acceptors (Lipinski definition) is 19. The zero-order valence-corrected chi connectivity index (χ0v) is 35.7. The summed E-state index contributed by atoms with van der Waals surface area (Å²) in [6.07, 6.45) is 0. The van der Waals surface area contributed by atoms with E-state index in [4.69, 9.17) is 0 Å².